The Balaban J connectivity index is 1.65. The first kappa shape index (κ1) is 18.3. The summed E-state index contributed by atoms with van der Waals surface area (Å²) < 4.78 is 7.45. The molecule has 0 saturated heterocycles. The highest BCUT2D eigenvalue weighted by Crippen LogP contribution is 2.27. The predicted molar refractivity (Wildman–Crippen MR) is 106 cm³/mol. The number of halogens is 1. The van der Waals surface area contributed by atoms with E-state index in [1.165, 1.54) is 11.8 Å². The lowest BCUT2D eigenvalue weighted by Gasteiger charge is -2.09. The van der Waals surface area contributed by atoms with Crippen LogP contribution in [0, 0.1) is 0 Å². The third-order valence-electron chi connectivity index (χ3n) is 3.76. The summed E-state index contributed by atoms with van der Waals surface area (Å²) in [7, 11) is 0. The van der Waals surface area contributed by atoms with Crippen LogP contribution in [0.4, 0.5) is 11.9 Å². The zero-order chi connectivity index (χ0) is 19.5. The molecule has 3 heterocycles. The summed E-state index contributed by atoms with van der Waals surface area (Å²) in [6, 6.07) is 11.1. The molecule has 4 aromatic rings. The van der Waals surface area contributed by atoms with Crippen molar-refractivity contribution in [2.75, 3.05) is 11.5 Å². The minimum absolute atomic E-state index is 0.0852. The lowest BCUT2D eigenvalue weighted by atomic mass is 10.2. The molecule has 0 saturated carbocycles. The number of benzene rings is 1. The van der Waals surface area contributed by atoms with Crippen LogP contribution >= 0.6 is 23.4 Å². The molecule has 0 amide bonds. The second-order valence-corrected chi connectivity index (χ2v) is 7.11. The van der Waals surface area contributed by atoms with Gasteiger partial charge in [-0.15, -0.1) is 10.2 Å². The number of nitrogens with two attached hydrogens (primary N) is 2. The number of rotatable bonds is 6. The summed E-state index contributed by atoms with van der Waals surface area (Å²) in [4.78, 5) is 12.0. The van der Waals surface area contributed by atoms with Gasteiger partial charge in [0.05, 0.1) is 18.6 Å². The summed E-state index contributed by atoms with van der Waals surface area (Å²) >= 11 is 7.42. The van der Waals surface area contributed by atoms with E-state index in [-0.39, 0.29) is 11.9 Å². The quantitative estimate of drug-likeness (QED) is 0.456. The van der Waals surface area contributed by atoms with Crippen LogP contribution in [-0.2, 0) is 12.3 Å². The van der Waals surface area contributed by atoms with Crippen LogP contribution in [0.2, 0.25) is 5.02 Å². The Morgan fingerprint density at radius 3 is 2.43 bits per heavy atom. The zero-order valence-corrected chi connectivity index (χ0v) is 16.1. The number of hydrogen-bond acceptors (Lipinski definition) is 9. The minimum Gasteiger partial charge on any atom is -0.467 e. The van der Waals surface area contributed by atoms with E-state index in [0.717, 1.165) is 11.3 Å². The van der Waals surface area contributed by atoms with Gasteiger partial charge < -0.3 is 15.9 Å². The molecular weight excluding hydrogens is 400 g/mol. The smallest absolute Gasteiger partial charge is 0.225 e. The maximum Gasteiger partial charge on any atom is 0.225 e. The molecule has 142 valence electrons. The number of aromatic nitrogens is 6. The highest BCUT2D eigenvalue weighted by atomic mass is 35.5. The molecule has 0 aliphatic heterocycles. The maximum atomic E-state index is 6.00. The van der Waals surface area contributed by atoms with Gasteiger partial charge in [0.15, 0.2) is 11.0 Å². The highest BCUT2D eigenvalue weighted by Gasteiger charge is 2.17. The van der Waals surface area contributed by atoms with Crippen molar-refractivity contribution in [3.05, 3.63) is 59.3 Å². The van der Waals surface area contributed by atoms with Gasteiger partial charge in [0.1, 0.15) is 11.6 Å². The molecule has 0 unspecified atom stereocenters. The Labute approximate surface area is 169 Å². The summed E-state index contributed by atoms with van der Waals surface area (Å²) in [6.45, 7) is 0.474. The molecule has 4 rings (SSSR count). The number of thioether (sulfide) groups is 1. The number of hydrogen-bond donors (Lipinski definition) is 2. The van der Waals surface area contributed by atoms with E-state index in [4.69, 9.17) is 27.5 Å². The minimum atomic E-state index is 0.0852. The molecule has 28 heavy (non-hydrogen) atoms. The van der Waals surface area contributed by atoms with E-state index in [0.29, 0.717) is 34.1 Å². The standard InChI is InChI=1S/C17H15ClN8OS/c18-11-5-3-10(4-6-11)14-24-25-17(26(14)8-12-2-1-7-27-12)28-9-13-21-15(19)23-16(20)22-13/h1-7H,8-9H2,(H4,19,20,21,22,23). The third kappa shape index (κ3) is 4.07. The molecule has 0 atom stereocenters. The SMILES string of the molecule is Nc1nc(N)nc(CSc2nnc(-c3ccc(Cl)cc3)n2Cc2ccco2)n1. The van der Waals surface area contributed by atoms with Crippen LogP contribution < -0.4 is 11.5 Å². The van der Waals surface area contributed by atoms with Gasteiger partial charge >= 0.3 is 0 Å². The van der Waals surface area contributed by atoms with Crippen LogP contribution in [0.15, 0.2) is 52.2 Å². The lowest BCUT2D eigenvalue weighted by Crippen LogP contribution is -2.07. The summed E-state index contributed by atoms with van der Waals surface area (Å²) in [5, 5.41) is 10.0. The average Bonchev–Trinajstić information content (AvgIpc) is 3.31. The Morgan fingerprint density at radius 2 is 1.75 bits per heavy atom. The first-order valence-electron chi connectivity index (χ1n) is 8.19. The van der Waals surface area contributed by atoms with E-state index < -0.39 is 0 Å². The summed E-state index contributed by atoms with van der Waals surface area (Å²) in [5.41, 5.74) is 12.2. The van der Waals surface area contributed by atoms with Crippen molar-refractivity contribution in [2.24, 2.45) is 0 Å². The van der Waals surface area contributed by atoms with Gasteiger partial charge in [0.25, 0.3) is 0 Å². The average molecular weight is 415 g/mol. The van der Waals surface area contributed by atoms with Crippen LogP contribution in [-0.4, -0.2) is 29.7 Å². The molecule has 4 N–H and O–H groups in total. The van der Waals surface area contributed by atoms with E-state index in [2.05, 4.69) is 25.1 Å². The molecule has 0 bridgehead atoms. The van der Waals surface area contributed by atoms with Crippen molar-refractivity contribution in [3.8, 4) is 11.4 Å². The van der Waals surface area contributed by atoms with Crippen molar-refractivity contribution in [1.82, 2.24) is 29.7 Å². The van der Waals surface area contributed by atoms with Crippen LogP contribution in [0.3, 0.4) is 0 Å². The fourth-order valence-corrected chi connectivity index (χ4v) is 3.48. The Hall–Kier alpha value is -3.11. The molecule has 0 aliphatic carbocycles. The van der Waals surface area contributed by atoms with Crippen molar-refractivity contribution < 1.29 is 4.42 Å². The topological polar surface area (TPSA) is 135 Å². The van der Waals surface area contributed by atoms with Gasteiger partial charge in [-0.05, 0) is 36.4 Å². The lowest BCUT2D eigenvalue weighted by molar-refractivity contribution is 0.485. The van der Waals surface area contributed by atoms with Crippen molar-refractivity contribution in [1.29, 1.82) is 0 Å². The van der Waals surface area contributed by atoms with E-state index in [1.54, 1.807) is 6.26 Å². The Morgan fingerprint density at radius 1 is 1.00 bits per heavy atom. The van der Waals surface area contributed by atoms with Gasteiger partial charge in [-0.1, -0.05) is 23.4 Å². The normalized spacial score (nSPS) is 11.0. The van der Waals surface area contributed by atoms with Gasteiger partial charge in [-0.25, -0.2) is 0 Å². The first-order chi connectivity index (χ1) is 13.6. The summed E-state index contributed by atoms with van der Waals surface area (Å²) in [5.74, 6) is 2.53. The zero-order valence-electron chi connectivity index (χ0n) is 14.5. The third-order valence-corrected chi connectivity index (χ3v) is 4.97. The van der Waals surface area contributed by atoms with Crippen molar-refractivity contribution in [2.45, 2.75) is 17.5 Å². The fourth-order valence-electron chi connectivity index (χ4n) is 2.56. The molecule has 9 nitrogen and oxygen atoms in total. The monoisotopic (exact) mass is 414 g/mol. The molecule has 11 heteroatoms. The van der Waals surface area contributed by atoms with Gasteiger partial charge in [0, 0.05) is 10.6 Å². The van der Waals surface area contributed by atoms with Gasteiger partial charge in [0.2, 0.25) is 11.9 Å². The molecule has 0 fully saturated rings. The number of furan rings is 1. The predicted octanol–water partition coefficient (Wildman–Crippen LogP) is 2.88. The largest absolute Gasteiger partial charge is 0.467 e. The maximum absolute atomic E-state index is 6.00. The van der Waals surface area contributed by atoms with Crippen LogP contribution in [0.25, 0.3) is 11.4 Å². The van der Waals surface area contributed by atoms with Crippen LogP contribution in [0.1, 0.15) is 11.6 Å². The molecule has 0 radical (unpaired) electrons. The number of nitrogen functional groups attached to an aromatic ring is 2. The summed E-state index contributed by atoms with van der Waals surface area (Å²) in [6.07, 6.45) is 1.63. The van der Waals surface area contributed by atoms with Gasteiger partial charge in [-0.2, -0.15) is 15.0 Å². The molecule has 3 aromatic heterocycles. The van der Waals surface area contributed by atoms with Crippen molar-refractivity contribution in [3.63, 3.8) is 0 Å². The molecule has 0 spiro atoms. The Kier molecular flexibility index (Phi) is 5.13. The second-order valence-electron chi connectivity index (χ2n) is 5.74. The molecule has 1 aromatic carbocycles. The van der Waals surface area contributed by atoms with E-state index in [9.17, 15) is 0 Å². The first-order valence-corrected chi connectivity index (χ1v) is 9.55. The number of nitrogens with zero attached hydrogens (tertiary/aromatic N) is 6. The highest BCUT2D eigenvalue weighted by molar-refractivity contribution is 7.98. The fraction of sp³-hybridized carbons (Fsp3) is 0.118. The van der Waals surface area contributed by atoms with Gasteiger partial charge in [-0.3, -0.25) is 4.57 Å². The Bertz CT molecular complexity index is 1060. The van der Waals surface area contributed by atoms with E-state index >= 15 is 0 Å². The second kappa shape index (κ2) is 7.87. The molecule has 0 aliphatic rings. The van der Waals surface area contributed by atoms with Crippen molar-refractivity contribution >= 4 is 35.3 Å². The van der Waals surface area contributed by atoms with E-state index in [1.807, 2.05) is 41.0 Å². The molecular formula is C17H15ClN8OS. The number of anilines is 2. The van der Waals surface area contributed by atoms with Crippen LogP contribution in [0.5, 0.6) is 0 Å².